The normalized spacial score (nSPS) is 10.9. The van der Waals surface area contributed by atoms with Crippen molar-refractivity contribution in [1.29, 1.82) is 0 Å². The van der Waals surface area contributed by atoms with Gasteiger partial charge >= 0.3 is 0 Å². The Hall–Kier alpha value is -2.43. The zero-order chi connectivity index (χ0) is 13.9. The quantitative estimate of drug-likeness (QED) is 0.789. The highest BCUT2D eigenvalue weighted by atomic mass is 15.1. The number of nitrogens with zero attached hydrogens (tertiary/aromatic N) is 4. The summed E-state index contributed by atoms with van der Waals surface area (Å²) in [6.45, 7) is 5.01. The van der Waals surface area contributed by atoms with Crippen LogP contribution >= 0.6 is 0 Å². The molecule has 0 aliphatic carbocycles. The largest absolute Gasteiger partial charge is 0.354 e. The van der Waals surface area contributed by atoms with E-state index in [1.165, 1.54) is 0 Å². The first-order valence-corrected chi connectivity index (χ1v) is 6.79. The van der Waals surface area contributed by atoms with Gasteiger partial charge in [-0.3, -0.25) is 4.40 Å². The summed E-state index contributed by atoms with van der Waals surface area (Å²) in [6.07, 6.45) is 6.65. The topological polar surface area (TPSA) is 55.1 Å². The van der Waals surface area contributed by atoms with Gasteiger partial charge in [-0.25, -0.2) is 15.0 Å². The minimum Gasteiger partial charge on any atom is -0.354 e. The van der Waals surface area contributed by atoms with Gasteiger partial charge < -0.3 is 5.32 Å². The summed E-state index contributed by atoms with van der Waals surface area (Å²) in [5, 5.41) is 3.23. The van der Waals surface area contributed by atoms with Gasteiger partial charge in [0.1, 0.15) is 5.65 Å². The third-order valence-electron chi connectivity index (χ3n) is 3.18. The van der Waals surface area contributed by atoms with Gasteiger partial charge in [-0.1, -0.05) is 13.0 Å². The third-order valence-corrected chi connectivity index (χ3v) is 3.18. The predicted molar refractivity (Wildman–Crippen MR) is 79.7 cm³/mol. The highest BCUT2D eigenvalue weighted by molar-refractivity contribution is 5.63. The second-order valence-corrected chi connectivity index (χ2v) is 4.72. The molecular formula is C15H17N5. The third kappa shape index (κ3) is 2.22. The van der Waals surface area contributed by atoms with Crippen LogP contribution < -0.4 is 5.32 Å². The molecule has 3 rings (SSSR count). The molecule has 102 valence electrons. The summed E-state index contributed by atoms with van der Waals surface area (Å²) < 4.78 is 2.04. The molecule has 0 amide bonds. The second-order valence-electron chi connectivity index (χ2n) is 4.72. The van der Waals surface area contributed by atoms with Crippen LogP contribution in [0.25, 0.3) is 17.0 Å². The zero-order valence-corrected chi connectivity index (χ0v) is 11.7. The lowest BCUT2D eigenvalue weighted by Gasteiger charge is -2.10. The first kappa shape index (κ1) is 12.6. The van der Waals surface area contributed by atoms with Crippen molar-refractivity contribution in [3.8, 4) is 11.4 Å². The van der Waals surface area contributed by atoms with Crippen molar-refractivity contribution in [2.45, 2.75) is 20.3 Å². The molecule has 0 aliphatic rings. The Bertz CT molecular complexity index is 732. The predicted octanol–water partition coefficient (Wildman–Crippen LogP) is 2.92. The number of imidazole rings is 1. The Morgan fingerprint density at radius 2 is 2.15 bits per heavy atom. The van der Waals surface area contributed by atoms with E-state index in [2.05, 4.69) is 27.2 Å². The number of rotatable bonds is 4. The summed E-state index contributed by atoms with van der Waals surface area (Å²) in [4.78, 5) is 13.3. The summed E-state index contributed by atoms with van der Waals surface area (Å²) in [6, 6.07) is 6.03. The van der Waals surface area contributed by atoms with Crippen molar-refractivity contribution >= 4 is 11.6 Å². The number of hydrogen-bond donors (Lipinski definition) is 1. The number of pyridine rings is 1. The van der Waals surface area contributed by atoms with E-state index < -0.39 is 0 Å². The van der Waals surface area contributed by atoms with Crippen molar-refractivity contribution in [2.24, 2.45) is 0 Å². The van der Waals surface area contributed by atoms with Crippen LogP contribution in [-0.4, -0.2) is 25.9 Å². The van der Waals surface area contributed by atoms with E-state index in [9.17, 15) is 0 Å². The lowest BCUT2D eigenvalue weighted by molar-refractivity contribution is 0.949. The molecule has 3 aromatic rings. The zero-order valence-electron chi connectivity index (χ0n) is 11.7. The van der Waals surface area contributed by atoms with Gasteiger partial charge in [-0.05, 0) is 31.0 Å². The monoisotopic (exact) mass is 267 g/mol. The standard InChI is InChI=1S/C15H17N5/c1-3-7-17-15-18-10-11(2)14(19-15)12-5-4-6-13-16-8-9-20(12)13/h4-6,8-10H,3,7H2,1-2H3,(H,17,18,19). The molecule has 0 spiro atoms. The van der Waals surface area contributed by atoms with E-state index in [1.807, 2.05) is 41.9 Å². The molecular weight excluding hydrogens is 250 g/mol. The molecule has 0 aliphatic heterocycles. The molecule has 0 atom stereocenters. The Morgan fingerprint density at radius 1 is 1.25 bits per heavy atom. The number of fused-ring (bicyclic) bond motifs is 1. The fraction of sp³-hybridized carbons (Fsp3) is 0.267. The SMILES string of the molecule is CCCNc1ncc(C)c(-c2cccc3nccn23)n1. The van der Waals surface area contributed by atoms with Crippen LogP contribution in [0.4, 0.5) is 5.95 Å². The van der Waals surface area contributed by atoms with E-state index in [1.54, 1.807) is 6.20 Å². The van der Waals surface area contributed by atoms with Crippen LogP contribution in [0.3, 0.4) is 0 Å². The number of anilines is 1. The molecule has 5 heteroatoms. The molecule has 0 bridgehead atoms. The van der Waals surface area contributed by atoms with Crippen LogP contribution in [0.15, 0.2) is 36.8 Å². The lowest BCUT2D eigenvalue weighted by atomic mass is 10.2. The maximum atomic E-state index is 4.64. The molecule has 0 saturated heterocycles. The van der Waals surface area contributed by atoms with E-state index in [0.29, 0.717) is 5.95 Å². The van der Waals surface area contributed by atoms with Crippen LogP contribution in [0.5, 0.6) is 0 Å². The highest BCUT2D eigenvalue weighted by Crippen LogP contribution is 2.22. The molecule has 3 heterocycles. The molecule has 0 fully saturated rings. The molecule has 0 saturated carbocycles. The van der Waals surface area contributed by atoms with Gasteiger partial charge in [0.15, 0.2) is 0 Å². The summed E-state index contributed by atoms with van der Waals surface area (Å²) in [5.41, 5.74) is 3.93. The Morgan fingerprint density at radius 3 is 3.00 bits per heavy atom. The average Bonchev–Trinajstić information content (AvgIpc) is 2.95. The van der Waals surface area contributed by atoms with E-state index in [-0.39, 0.29) is 0 Å². The molecule has 0 radical (unpaired) electrons. The first-order chi connectivity index (χ1) is 9.79. The van der Waals surface area contributed by atoms with Crippen molar-refractivity contribution < 1.29 is 0 Å². The van der Waals surface area contributed by atoms with Crippen LogP contribution in [0, 0.1) is 6.92 Å². The van der Waals surface area contributed by atoms with Gasteiger partial charge in [0.2, 0.25) is 5.95 Å². The Kier molecular flexibility index (Phi) is 3.33. The van der Waals surface area contributed by atoms with Crippen LogP contribution in [0.2, 0.25) is 0 Å². The number of aromatic nitrogens is 4. The average molecular weight is 267 g/mol. The summed E-state index contributed by atoms with van der Waals surface area (Å²) in [5.74, 6) is 0.671. The minimum absolute atomic E-state index is 0.671. The van der Waals surface area contributed by atoms with Crippen molar-refractivity contribution in [3.63, 3.8) is 0 Å². The van der Waals surface area contributed by atoms with Crippen molar-refractivity contribution in [1.82, 2.24) is 19.4 Å². The first-order valence-electron chi connectivity index (χ1n) is 6.79. The van der Waals surface area contributed by atoms with Crippen LogP contribution in [-0.2, 0) is 0 Å². The molecule has 1 N–H and O–H groups in total. The van der Waals surface area contributed by atoms with Gasteiger partial charge in [-0.15, -0.1) is 0 Å². The van der Waals surface area contributed by atoms with Gasteiger partial charge in [0.05, 0.1) is 11.4 Å². The fourth-order valence-electron chi connectivity index (χ4n) is 2.16. The molecule has 3 aromatic heterocycles. The lowest BCUT2D eigenvalue weighted by Crippen LogP contribution is -2.06. The number of nitrogens with one attached hydrogen (secondary N) is 1. The van der Waals surface area contributed by atoms with Gasteiger partial charge in [-0.2, -0.15) is 0 Å². The molecule has 0 unspecified atom stereocenters. The second kappa shape index (κ2) is 5.28. The fourth-order valence-corrected chi connectivity index (χ4v) is 2.16. The van der Waals surface area contributed by atoms with Gasteiger partial charge in [0, 0.05) is 25.1 Å². The molecule has 20 heavy (non-hydrogen) atoms. The maximum absolute atomic E-state index is 4.64. The molecule has 5 nitrogen and oxygen atoms in total. The van der Waals surface area contributed by atoms with E-state index in [0.717, 1.165) is 35.6 Å². The number of aryl methyl sites for hydroxylation is 1. The van der Waals surface area contributed by atoms with Crippen LogP contribution in [0.1, 0.15) is 18.9 Å². The summed E-state index contributed by atoms with van der Waals surface area (Å²) >= 11 is 0. The van der Waals surface area contributed by atoms with E-state index >= 15 is 0 Å². The highest BCUT2D eigenvalue weighted by Gasteiger charge is 2.09. The summed E-state index contributed by atoms with van der Waals surface area (Å²) in [7, 11) is 0. The maximum Gasteiger partial charge on any atom is 0.223 e. The van der Waals surface area contributed by atoms with Gasteiger partial charge in [0.25, 0.3) is 0 Å². The minimum atomic E-state index is 0.671. The Labute approximate surface area is 117 Å². The van der Waals surface area contributed by atoms with Crippen molar-refractivity contribution in [3.05, 3.63) is 42.4 Å². The number of hydrogen-bond acceptors (Lipinski definition) is 4. The Balaban J connectivity index is 2.10. The molecule has 0 aromatic carbocycles. The smallest absolute Gasteiger partial charge is 0.223 e. The van der Waals surface area contributed by atoms with E-state index in [4.69, 9.17) is 0 Å². The van der Waals surface area contributed by atoms with Crippen molar-refractivity contribution in [2.75, 3.05) is 11.9 Å².